The molecule has 0 radical (unpaired) electrons. The molecular formula is C10H16N2OS. The SMILES string of the molecule is Cc1ccc(C(C)NC(=O)N(C)C)s1. The molecule has 1 aromatic heterocycles. The number of hydrogen-bond acceptors (Lipinski definition) is 2. The molecule has 1 atom stereocenters. The van der Waals surface area contributed by atoms with Crippen LogP contribution in [-0.4, -0.2) is 25.0 Å². The van der Waals surface area contributed by atoms with Crippen molar-refractivity contribution in [3.63, 3.8) is 0 Å². The first-order valence-corrected chi connectivity index (χ1v) is 5.36. The first-order chi connectivity index (χ1) is 6.50. The van der Waals surface area contributed by atoms with Crippen LogP contribution >= 0.6 is 11.3 Å². The second kappa shape index (κ2) is 4.46. The zero-order valence-electron chi connectivity index (χ0n) is 9.00. The van der Waals surface area contributed by atoms with Gasteiger partial charge >= 0.3 is 6.03 Å². The maximum atomic E-state index is 11.4. The molecule has 0 aliphatic heterocycles. The second-order valence-electron chi connectivity index (χ2n) is 3.51. The number of rotatable bonds is 2. The molecule has 0 spiro atoms. The molecule has 0 aliphatic carbocycles. The van der Waals surface area contributed by atoms with Crippen molar-refractivity contribution < 1.29 is 4.79 Å². The Morgan fingerprint density at radius 1 is 1.50 bits per heavy atom. The van der Waals surface area contributed by atoms with Crippen LogP contribution < -0.4 is 5.32 Å². The molecule has 0 aromatic carbocycles. The highest BCUT2D eigenvalue weighted by molar-refractivity contribution is 7.12. The minimum atomic E-state index is -0.0523. The molecule has 0 aliphatic rings. The fourth-order valence-corrected chi connectivity index (χ4v) is 1.95. The van der Waals surface area contributed by atoms with E-state index in [1.807, 2.05) is 6.92 Å². The van der Waals surface area contributed by atoms with Gasteiger partial charge < -0.3 is 10.2 Å². The van der Waals surface area contributed by atoms with E-state index in [2.05, 4.69) is 24.4 Å². The Labute approximate surface area is 88.7 Å². The molecule has 4 heteroatoms. The maximum absolute atomic E-state index is 11.4. The summed E-state index contributed by atoms with van der Waals surface area (Å²) in [5, 5.41) is 2.91. The Hall–Kier alpha value is -1.03. The van der Waals surface area contributed by atoms with E-state index >= 15 is 0 Å². The fraction of sp³-hybridized carbons (Fsp3) is 0.500. The largest absolute Gasteiger partial charge is 0.331 e. The molecule has 2 amide bonds. The standard InChI is InChI=1S/C10H16N2OS/c1-7-5-6-9(14-7)8(2)11-10(13)12(3)4/h5-6,8H,1-4H3,(H,11,13). The van der Waals surface area contributed by atoms with Crippen molar-refractivity contribution >= 4 is 17.4 Å². The van der Waals surface area contributed by atoms with Gasteiger partial charge in [-0.05, 0) is 26.0 Å². The van der Waals surface area contributed by atoms with Crippen LogP contribution in [0.3, 0.4) is 0 Å². The highest BCUT2D eigenvalue weighted by atomic mass is 32.1. The summed E-state index contributed by atoms with van der Waals surface area (Å²) in [6.07, 6.45) is 0. The van der Waals surface area contributed by atoms with Crippen LogP contribution in [0.4, 0.5) is 4.79 Å². The molecule has 14 heavy (non-hydrogen) atoms. The van der Waals surface area contributed by atoms with Gasteiger partial charge in [-0.15, -0.1) is 11.3 Å². The van der Waals surface area contributed by atoms with E-state index in [1.54, 1.807) is 25.4 Å². The number of nitrogens with one attached hydrogen (secondary N) is 1. The van der Waals surface area contributed by atoms with E-state index in [9.17, 15) is 4.79 Å². The van der Waals surface area contributed by atoms with E-state index in [0.29, 0.717) is 0 Å². The third-order valence-corrected chi connectivity index (χ3v) is 3.12. The number of carbonyl (C=O) groups is 1. The van der Waals surface area contributed by atoms with Gasteiger partial charge in [0.1, 0.15) is 0 Å². The number of amides is 2. The van der Waals surface area contributed by atoms with Crippen molar-refractivity contribution in [2.75, 3.05) is 14.1 Å². The Morgan fingerprint density at radius 3 is 2.57 bits per heavy atom. The van der Waals surface area contributed by atoms with Gasteiger partial charge in [0, 0.05) is 23.8 Å². The van der Waals surface area contributed by atoms with Gasteiger partial charge in [-0.2, -0.15) is 0 Å². The molecular weight excluding hydrogens is 196 g/mol. The molecule has 1 unspecified atom stereocenters. The van der Waals surface area contributed by atoms with Crippen LogP contribution in [0, 0.1) is 6.92 Å². The van der Waals surface area contributed by atoms with Crippen molar-refractivity contribution in [3.05, 3.63) is 21.9 Å². The predicted octanol–water partition coefficient (Wildman–Crippen LogP) is 2.39. The summed E-state index contributed by atoms with van der Waals surface area (Å²) in [6.45, 7) is 4.06. The first kappa shape index (κ1) is 11.0. The fourth-order valence-electron chi connectivity index (χ4n) is 1.07. The van der Waals surface area contributed by atoms with Gasteiger partial charge in [-0.3, -0.25) is 0 Å². The number of aryl methyl sites for hydroxylation is 1. The molecule has 1 rings (SSSR count). The molecule has 1 N–H and O–H groups in total. The lowest BCUT2D eigenvalue weighted by molar-refractivity contribution is 0.214. The summed E-state index contributed by atoms with van der Waals surface area (Å²) in [5.41, 5.74) is 0. The number of thiophene rings is 1. The molecule has 0 bridgehead atoms. The Balaban J connectivity index is 2.59. The van der Waals surface area contributed by atoms with Crippen molar-refractivity contribution in [1.29, 1.82) is 0 Å². The van der Waals surface area contributed by atoms with Gasteiger partial charge in [-0.25, -0.2) is 4.79 Å². The summed E-state index contributed by atoms with van der Waals surface area (Å²) in [6, 6.07) is 4.16. The van der Waals surface area contributed by atoms with Crippen LogP contribution in [-0.2, 0) is 0 Å². The minimum Gasteiger partial charge on any atom is -0.331 e. The zero-order valence-corrected chi connectivity index (χ0v) is 9.81. The Bertz CT molecular complexity index is 320. The van der Waals surface area contributed by atoms with Crippen LogP contribution in [0.1, 0.15) is 22.7 Å². The van der Waals surface area contributed by atoms with Gasteiger partial charge in [0.25, 0.3) is 0 Å². The molecule has 0 fully saturated rings. The molecule has 0 saturated heterocycles. The van der Waals surface area contributed by atoms with Crippen molar-refractivity contribution in [1.82, 2.24) is 10.2 Å². The van der Waals surface area contributed by atoms with Gasteiger partial charge in [0.05, 0.1) is 6.04 Å². The van der Waals surface area contributed by atoms with Crippen LogP contribution in [0.2, 0.25) is 0 Å². The number of hydrogen-bond donors (Lipinski definition) is 1. The summed E-state index contributed by atoms with van der Waals surface area (Å²) in [5.74, 6) is 0. The van der Waals surface area contributed by atoms with Gasteiger partial charge in [0.15, 0.2) is 0 Å². The third-order valence-electron chi connectivity index (χ3n) is 1.93. The van der Waals surface area contributed by atoms with Crippen molar-refractivity contribution in [2.24, 2.45) is 0 Å². The summed E-state index contributed by atoms with van der Waals surface area (Å²) in [4.78, 5) is 15.4. The monoisotopic (exact) mass is 212 g/mol. The van der Waals surface area contributed by atoms with Gasteiger partial charge in [-0.1, -0.05) is 0 Å². The molecule has 0 saturated carbocycles. The quantitative estimate of drug-likeness (QED) is 0.802. The van der Waals surface area contributed by atoms with E-state index in [-0.39, 0.29) is 12.1 Å². The van der Waals surface area contributed by atoms with Crippen LogP contribution in [0.25, 0.3) is 0 Å². The molecule has 78 valence electrons. The highest BCUT2D eigenvalue weighted by Crippen LogP contribution is 2.22. The zero-order chi connectivity index (χ0) is 10.7. The lowest BCUT2D eigenvalue weighted by Gasteiger charge is -2.16. The topological polar surface area (TPSA) is 32.3 Å². The highest BCUT2D eigenvalue weighted by Gasteiger charge is 2.11. The van der Waals surface area contributed by atoms with E-state index in [0.717, 1.165) is 0 Å². The normalized spacial score (nSPS) is 12.3. The third kappa shape index (κ3) is 2.73. The second-order valence-corrected chi connectivity index (χ2v) is 4.83. The molecule has 3 nitrogen and oxygen atoms in total. The average molecular weight is 212 g/mol. The first-order valence-electron chi connectivity index (χ1n) is 4.55. The van der Waals surface area contributed by atoms with Crippen LogP contribution in [0.15, 0.2) is 12.1 Å². The Kier molecular flexibility index (Phi) is 3.52. The Morgan fingerprint density at radius 2 is 2.14 bits per heavy atom. The summed E-state index contributed by atoms with van der Waals surface area (Å²) < 4.78 is 0. The van der Waals surface area contributed by atoms with E-state index in [4.69, 9.17) is 0 Å². The average Bonchev–Trinajstić information content (AvgIpc) is 2.51. The van der Waals surface area contributed by atoms with Gasteiger partial charge in [0.2, 0.25) is 0 Å². The van der Waals surface area contributed by atoms with Crippen molar-refractivity contribution in [2.45, 2.75) is 19.9 Å². The maximum Gasteiger partial charge on any atom is 0.317 e. The number of nitrogens with zero attached hydrogens (tertiary/aromatic N) is 1. The van der Waals surface area contributed by atoms with E-state index < -0.39 is 0 Å². The minimum absolute atomic E-state index is 0.0523. The smallest absolute Gasteiger partial charge is 0.317 e. The number of urea groups is 1. The molecule has 1 aromatic rings. The number of carbonyl (C=O) groups excluding carboxylic acids is 1. The summed E-state index contributed by atoms with van der Waals surface area (Å²) in [7, 11) is 3.48. The van der Waals surface area contributed by atoms with Crippen LogP contribution in [0.5, 0.6) is 0 Å². The lowest BCUT2D eigenvalue weighted by Crippen LogP contribution is -2.35. The predicted molar refractivity (Wildman–Crippen MR) is 59.7 cm³/mol. The lowest BCUT2D eigenvalue weighted by atomic mass is 10.3. The summed E-state index contributed by atoms with van der Waals surface area (Å²) >= 11 is 1.72. The van der Waals surface area contributed by atoms with E-state index in [1.165, 1.54) is 14.7 Å². The molecule has 1 heterocycles. The van der Waals surface area contributed by atoms with Crippen molar-refractivity contribution in [3.8, 4) is 0 Å².